The quantitative estimate of drug-likeness (QED) is 0.815. The number of hydrogen-bond acceptors (Lipinski definition) is 1. The molecule has 0 heterocycles. The van der Waals surface area contributed by atoms with Crippen molar-refractivity contribution in [1.29, 1.82) is 0 Å². The Bertz CT molecular complexity index is 518. The molecule has 2 nitrogen and oxygen atoms in total. The Morgan fingerprint density at radius 2 is 1.69 bits per heavy atom. The van der Waals surface area contributed by atoms with Gasteiger partial charge in [-0.3, -0.25) is 4.79 Å². The Morgan fingerprint density at radius 1 is 1.00 bits per heavy atom. The van der Waals surface area contributed by atoms with Gasteiger partial charge in [-0.2, -0.15) is 0 Å². The smallest absolute Gasteiger partial charge is 0.249 e. The fourth-order valence-corrected chi connectivity index (χ4v) is 1.85. The summed E-state index contributed by atoms with van der Waals surface area (Å²) in [7, 11) is 0. The maximum atomic E-state index is 11.4. The van der Waals surface area contributed by atoms with Crippen molar-refractivity contribution >= 4 is 5.91 Å². The minimum Gasteiger partial charge on any atom is -0.366 e. The van der Waals surface area contributed by atoms with Crippen LogP contribution in [0.15, 0.2) is 48.5 Å². The number of primary amides is 1. The van der Waals surface area contributed by atoms with E-state index in [4.69, 9.17) is 5.73 Å². The van der Waals surface area contributed by atoms with Crippen LogP contribution in [0.5, 0.6) is 0 Å². The number of carbonyl (C=O) groups excluding carboxylic acids is 1. The van der Waals surface area contributed by atoms with E-state index >= 15 is 0 Å². The van der Waals surface area contributed by atoms with Crippen molar-refractivity contribution in [2.24, 2.45) is 5.73 Å². The number of rotatable bonds is 2. The van der Waals surface area contributed by atoms with Gasteiger partial charge in [0.1, 0.15) is 0 Å². The molecule has 0 saturated heterocycles. The predicted molar refractivity (Wildman–Crippen MR) is 65.1 cm³/mol. The molecule has 0 aliphatic carbocycles. The number of nitrogens with two attached hydrogens (primary N) is 1. The number of carbonyl (C=O) groups is 1. The van der Waals surface area contributed by atoms with Gasteiger partial charge in [-0.15, -0.1) is 0 Å². The molecule has 0 spiro atoms. The molecule has 80 valence electrons. The Hall–Kier alpha value is -2.09. The van der Waals surface area contributed by atoms with Crippen LogP contribution in [0, 0.1) is 6.92 Å². The van der Waals surface area contributed by atoms with Crippen molar-refractivity contribution in [3.8, 4) is 11.1 Å². The van der Waals surface area contributed by atoms with Gasteiger partial charge < -0.3 is 5.73 Å². The largest absolute Gasteiger partial charge is 0.366 e. The topological polar surface area (TPSA) is 43.1 Å². The fraction of sp³-hybridized carbons (Fsp3) is 0.0714. The maximum Gasteiger partial charge on any atom is 0.249 e. The molecule has 2 aromatic rings. The average Bonchev–Trinajstić information content (AvgIpc) is 2.29. The lowest BCUT2D eigenvalue weighted by molar-refractivity contribution is 0.100. The van der Waals surface area contributed by atoms with E-state index in [1.54, 1.807) is 0 Å². The second-order valence-electron chi connectivity index (χ2n) is 3.73. The van der Waals surface area contributed by atoms with Crippen LogP contribution >= 0.6 is 0 Å². The molecule has 16 heavy (non-hydrogen) atoms. The van der Waals surface area contributed by atoms with Crippen molar-refractivity contribution in [2.75, 3.05) is 0 Å². The molecule has 0 unspecified atom stereocenters. The number of amides is 1. The average molecular weight is 211 g/mol. The van der Waals surface area contributed by atoms with Crippen LogP contribution in [-0.4, -0.2) is 5.91 Å². The first-order valence-electron chi connectivity index (χ1n) is 5.15. The zero-order chi connectivity index (χ0) is 11.5. The van der Waals surface area contributed by atoms with Gasteiger partial charge in [0.2, 0.25) is 5.91 Å². The van der Waals surface area contributed by atoms with Gasteiger partial charge in [-0.25, -0.2) is 0 Å². The van der Waals surface area contributed by atoms with Crippen molar-refractivity contribution in [3.63, 3.8) is 0 Å². The minimum atomic E-state index is -0.378. The van der Waals surface area contributed by atoms with Crippen LogP contribution < -0.4 is 5.73 Å². The lowest BCUT2D eigenvalue weighted by Gasteiger charge is -2.09. The summed E-state index contributed by atoms with van der Waals surface area (Å²) in [4.78, 5) is 11.4. The van der Waals surface area contributed by atoms with Crippen LogP contribution in [-0.2, 0) is 0 Å². The van der Waals surface area contributed by atoms with E-state index in [0.717, 1.165) is 16.7 Å². The summed E-state index contributed by atoms with van der Waals surface area (Å²) in [6, 6.07) is 15.5. The van der Waals surface area contributed by atoms with E-state index in [0.29, 0.717) is 5.56 Å². The molecular formula is C14H13NO. The first-order valence-corrected chi connectivity index (χ1v) is 5.15. The van der Waals surface area contributed by atoms with E-state index < -0.39 is 0 Å². The lowest BCUT2D eigenvalue weighted by atomic mass is 9.96. The summed E-state index contributed by atoms with van der Waals surface area (Å²) in [5.74, 6) is -0.378. The minimum absolute atomic E-state index is 0.378. The molecule has 0 saturated carbocycles. The second-order valence-corrected chi connectivity index (χ2v) is 3.73. The molecule has 0 aromatic heterocycles. The lowest BCUT2D eigenvalue weighted by Crippen LogP contribution is -2.14. The Kier molecular flexibility index (Phi) is 2.73. The van der Waals surface area contributed by atoms with Crippen LogP contribution in [0.3, 0.4) is 0 Å². The molecule has 2 heteroatoms. The second kappa shape index (κ2) is 4.19. The summed E-state index contributed by atoms with van der Waals surface area (Å²) in [5.41, 5.74) is 8.84. The number of benzene rings is 2. The van der Waals surface area contributed by atoms with Crippen LogP contribution in [0.4, 0.5) is 0 Å². The zero-order valence-electron chi connectivity index (χ0n) is 9.10. The maximum absolute atomic E-state index is 11.4. The predicted octanol–water partition coefficient (Wildman–Crippen LogP) is 2.76. The number of hydrogen-bond donors (Lipinski definition) is 1. The van der Waals surface area contributed by atoms with Crippen LogP contribution in [0.1, 0.15) is 15.9 Å². The van der Waals surface area contributed by atoms with E-state index in [1.165, 1.54) is 0 Å². The molecule has 0 radical (unpaired) electrons. The third-order valence-electron chi connectivity index (χ3n) is 2.60. The molecule has 0 aliphatic rings. The summed E-state index contributed by atoms with van der Waals surface area (Å²) in [6.45, 7) is 1.90. The molecule has 2 rings (SSSR count). The summed E-state index contributed by atoms with van der Waals surface area (Å²) < 4.78 is 0. The van der Waals surface area contributed by atoms with Gasteiger partial charge in [-0.1, -0.05) is 48.5 Å². The molecule has 2 aromatic carbocycles. The number of aryl methyl sites for hydroxylation is 1. The van der Waals surface area contributed by atoms with Crippen LogP contribution in [0.25, 0.3) is 11.1 Å². The van der Waals surface area contributed by atoms with Gasteiger partial charge in [0.25, 0.3) is 0 Å². The molecule has 0 fully saturated rings. The van der Waals surface area contributed by atoms with Crippen molar-refractivity contribution in [3.05, 3.63) is 59.7 Å². The standard InChI is InChI=1S/C14H13NO/c1-10-6-5-9-12(13(10)14(15)16)11-7-3-2-4-8-11/h2-9H,1H3,(H2,15,16). The van der Waals surface area contributed by atoms with Gasteiger partial charge in [-0.05, 0) is 23.6 Å². The van der Waals surface area contributed by atoms with E-state index in [2.05, 4.69) is 0 Å². The normalized spacial score (nSPS) is 10.1. The molecule has 0 aliphatic heterocycles. The highest BCUT2D eigenvalue weighted by molar-refractivity contribution is 6.01. The zero-order valence-corrected chi connectivity index (χ0v) is 9.10. The van der Waals surface area contributed by atoms with Gasteiger partial charge >= 0.3 is 0 Å². The first-order chi connectivity index (χ1) is 7.70. The van der Waals surface area contributed by atoms with E-state index in [-0.39, 0.29) is 5.91 Å². The Labute approximate surface area is 94.7 Å². The third-order valence-corrected chi connectivity index (χ3v) is 2.60. The third kappa shape index (κ3) is 1.82. The molecule has 0 bridgehead atoms. The monoisotopic (exact) mass is 211 g/mol. The molecule has 2 N–H and O–H groups in total. The summed E-state index contributed by atoms with van der Waals surface area (Å²) >= 11 is 0. The molecule has 1 amide bonds. The van der Waals surface area contributed by atoms with Crippen LogP contribution in [0.2, 0.25) is 0 Å². The highest BCUT2D eigenvalue weighted by Gasteiger charge is 2.11. The highest BCUT2D eigenvalue weighted by Crippen LogP contribution is 2.25. The highest BCUT2D eigenvalue weighted by atomic mass is 16.1. The molecular weight excluding hydrogens is 198 g/mol. The van der Waals surface area contributed by atoms with Gasteiger partial charge in [0, 0.05) is 5.56 Å². The van der Waals surface area contributed by atoms with Crippen molar-refractivity contribution < 1.29 is 4.79 Å². The van der Waals surface area contributed by atoms with Crippen molar-refractivity contribution in [2.45, 2.75) is 6.92 Å². The van der Waals surface area contributed by atoms with E-state index in [1.807, 2.05) is 55.5 Å². The van der Waals surface area contributed by atoms with E-state index in [9.17, 15) is 4.79 Å². The van der Waals surface area contributed by atoms with Crippen molar-refractivity contribution in [1.82, 2.24) is 0 Å². The van der Waals surface area contributed by atoms with Gasteiger partial charge in [0.15, 0.2) is 0 Å². The first kappa shape index (κ1) is 10.4. The van der Waals surface area contributed by atoms with Gasteiger partial charge in [0.05, 0.1) is 0 Å². The Balaban J connectivity index is 2.66. The summed E-state index contributed by atoms with van der Waals surface area (Å²) in [5, 5.41) is 0. The Morgan fingerprint density at radius 3 is 2.31 bits per heavy atom. The SMILES string of the molecule is Cc1cccc(-c2ccccc2)c1C(N)=O. The fourth-order valence-electron chi connectivity index (χ4n) is 1.85. The molecule has 0 atom stereocenters. The summed E-state index contributed by atoms with van der Waals surface area (Å²) in [6.07, 6.45) is 0.